The van der Waals surface area contributed by atoms with Crippen LogP contribution in [0.15, 0.2) is 29.4 Å². The van der Waals surface area contributed by atoms with Crippen LogP contribution in [0.1, 0.15) is 23.6 Å². The molecule has 0 fully saturated rings. The Balaban J connectivity index is 2.29. The Labute approximate surface area is 126 Å². The average molecular weight is 333 g/mol. The molecule has 0 saturated carbocycles. The zero-order valence-electron chi connectivity index (χ0n) is 11.1. The topological polar surface area (TPSA) is 99.9 Å². The molecule has 1 aromatic heterocycles. The number of nitrogens with zero attached hydrogens (tertiary/aromatic N) is 4. The van der Waals surface area contributed by atoms with Crippen LogP contribution in [0, 0.1) is 10.1 Å². The number of alkyl halides is 3. The van der Waals surface area contributed by atoms with Gasteiger partial charge in [-0.15, -0.1) is 10.2 Å². The van der Waals surface area contributed by atoms with E-state index in [1.807, 2.05) is 0 Å². The zero-order chi connectivity index (χ0) is 16.5. The molecule has 1 aromatic carbocycles. The van der Waals surface area contributed by atoms with Crippen LogP contribution in [0.25, 0.3) is 0 Å². The van der Waals surface area contributed by atoms with E-state index in [0.29, 0.717) is 10.2 Å². The Kier molecular flexibility index (Phi) is 4.26. The molecule has 0 aliphatic rings. The minimum Gasteiger partial charge on any atom is -0.335 e. The molecular formula is C11H10F3N5O2S. The van der Waals surface area contributed by atoms with Gasteiger partial charge < -0.3 is 5.84 Å². The van der Waals surface area contributed by atoms with E-state index in [1.165, 1.54) is 18.2 Å². The van der Waals surface area contributed by atoms with Crippen molar-refractivity contribution in [2.75, 3.05) is 5.84 Å². The maximum atomic E-state index is 12.6. The van der Waals surface area contributed by atoms with E-state index in [1.54, 1.807) is 13.0 Å². The summed E-state index contributed by atoms with van der Waals surface area (Å²) in [5.41, 5.74) is 0.232. The Bertz CT molecular complexity index is 703. The van der Waals surface area contributed by atoms with Crippen LogP contribution in [0.4, 0.5) is 18.9 Å². The summed E-state index contributed by atoms with van der Waals surface area (Å²) in [5.74, 6) is 4.00. The number of hydrogen-bond donors (Lipinski definition) is 1. The molecule has 1 heterocycles. The normalized spacial score (nSPS) is 13.1. The van der Waals surface area contributed by atoms with Gasteiger partial charge in [0, 0.05) is 16.9 Å². The maximum Gasteiger partial charge on any atom is 0.453 e. The maximum absolute atomic E-state index is 12.6. The third-order valence-corrected chi connectivity index (χ3v) is 3.87. The number of thioether (sulfide) groups is 1. The van der Waals surface area contributed by atoms with Crippen molar-refractivity contribution >= 4 is 17.4 Å². The summed E-state index contributed by atoms with van der Waals surface area (Å²) in [4.78, 5) is 10.4. The van der Waals surface area contributed by atoms with Gasteiger partial charge in [-0.3, -0.25) is 10.1 Å². The lowest BCUT2D eigenvalue weighted by atomic mass is 10.1. The fraction of sp³-hybridized carbons (Fsp3) is 0.273. The predicted molar refractivity (Wildman–Crippen MR) is 72.5 cm³/mol. The monoisotopic (exact) mass is 333 g/mol. The van der Waals surface area contributed by atoms with Gasteiger partial charge in [-0.2, -0.15) is 13.2 Å². The first kappa shape index (κ1) is 16.1. The number of halogens is 3. The molecule has 0 saturated heterocycles. The van der Waals surface area contributed by atoms with Crippen molar-refractivity contribution in [3.63, 3.8) is 0 Å². The van der Waals surface area contributed by atoms with Crippen LogP contribution < -0.4 is 5.84 Å². The van der Waals surface area contributed by atoms with Crippen molar-refractivity contribution in [1.82, 2.24) is 14.9 Å². The second kappa shape index (κ2) is 5.83. The van der Waals surface area contributed by atoms with Gasteiger partial charge in [-0.1, -0.05) is 30.0 Å². The molecule has 2 aromatic rings. The molecule has 2 rings (SSSR count). The number of hydrogen-bond acceptors (Lipinski definition) is 6. The summed E-state index contributed by atoms with van der Waals surface area (Å²) in [6.45, 7) is 1.61. The SMILES string of the molecule is C[C@H](Sc1nnc(C(F)(F)F)n1N)c1ccccc1[N+](=O)[O-]. The lowest BCUT2D eigenvalue weighted by molar-refractivity contribution is -0.385. The van der Waals surface area contributed by atoms with Crippen molar-refractivity contribution in [2.45, 2.75) is 23.5 Å². The van der Waals surface area contributed by atoms with E-state index in [0.717, 1.165) is 11.8 Å². The fourth-order valence-corrected chi connectivity index (χ4v) is 2.70. The van der Waals surface area contributed by atoms with Crippen LogP contribution in [0.5, 0.6) is 0 Å². The highest BCUT2D eigenvalue weighted by Crippen LogP contribution is 2.38. The highest BCUT2D eigenvalue weighted by atomic mass is 32.2. The minimum atomic E-state index is -4.72. The quantitative estimate of drug-likeness (QED) is 0.400. The first-order valence-electron chi connectivity index (χ1n) is 5.89. The summed E-state index contributed by atoms with van der Waals surface area (Å²) in [6, 6.07) is 5.96. The second-order valence-electron chi connectivity index (χ2n) is 4.25. The van der Waals surface area contributed by atoms with Crippen molar-refractivity contribution in [3.8, 4) is 0 Å². The third kappa shape index (κ3) is 3.13. The Hall–Kier alpha value is -2.30. The predicted octanol–water partition coefficient (Wildman–Crippen LogP) is 2.77. The first-order valence-corrected chi connectivity index (χ1v) is 6.77. The molecule has 1 atom stereocenters. The molecule has 0 amide bonds. The molecule has 11 heteroatoms. The molecule has 0 radical (unpaired) electrons. The Morgan fingerprint density at radius 1 is 1.36 bits per heavy atom. The lowest BCUT2D eigenvalue weighted by Crippen LogP contribution is -2.21. The molecule has 2 N–H and O–H groups in total. The highest BCUT2D eigenvalue weighted by Gasteiger charge is 2.38. The smallest absolute Gasteiger partial charge is 0.335 e. The van der Waals surface area contributed by atoms with Crippen molar-refractivity contribution in [1.29, 1.82) is 0 Å². The zero-order valence-corrected chi connectivity index (χ0v) is 11.9. The summed E-state index contributed by atoms with van der Waals surface area (Å²) >= 11 is 0.852. The van der Waals surface area contributed by atoms with Crippen molar-refractivity contribution in [2.24, 2.45) is 0 Å². The largest absolute Gasteiger partial charge is 0.453 e. The number of rotatable bonds is 4. The molecule has 0 bridgehead atoms. The van der Waals surface area contributed by atoms with E-state index in [2.05, 4.69) is 10.2 Å². The fourth-order valence-electron chi connectivity index (χ4n) is 1.77. The van der Waals surface area contributed by atoms with Gasteiger partial charge in [-0.05, 0) is 6.92 Å². The molecule has 0 unspecified atom stereocenters. The molecule has 0 aliphatic heterocycles. The minimum absolute atomic E-state index is 0.123. The molecule has 0 spiro atoms. The van der Waals surface area contributed by atoms with Gasteiger partial charge in [0.2, 0.25) is 5.16 Å². The van der Waals surface area contributed by atoms with Crippen LogP contribution >= 0.6 is 11.8 Å². The summed E-state index contributed by atoms with van der Waals surface area (Å²) in [5, 5.41) is 16.6. The van der Waals surface area contributed by atoms with Crippen LogP contribution in [-0.4, -0.2) is 19.8 Å². The standard InChI is InChI=1S/C11H10F3N5O2S/c1-6(7-4-2-3-5-8(7)19(20)21)22-10-17-16-9(18(10)15)11(12,13)14/h2-6H,15H2,1H3/t6-/m0/s1. The van der Waals surface area contributed by atoms with Gasteiger partial charge in [-0.25, -0.2) is 4.68 Å². The number of nitrogens with two attached hydrogens (primary N) is 1. The van der Waals surface area contributed by atoms with Gasteiger partial charge in [0.1, 0.15) is 0 Å². The highest BCUT2D eigenvalue weighted by molar-refractivity contribution is 7.99. The molecule has 7 nitrogen and oxygen atoms in total. The Morgan fingerprint density at radius 3 is 2.55 bits per heavy atom. The second-order valence-corrected chi connectivity index (χ2v) is 5.56. The van der Waals surface area contributed by atoms with Crippen molar-refractivity contribution < 1.29 is 18.1 Å². The van der Waals surface area contributed by atoms with Gasteiger partial charge in [0.15, 0.2) is 0 Å². The van der Waals surface area contributed by atoms with E-state index < -0.39 is 22.2 Å². The molecule has 0 aliphatic carbocycles. The third-order valence-electron chi connectivity index (χ3n) is 2.77. The summed E-state index contributed by atoms with van der Waals surface area (Å²) in [7, 11) is 0. The Morgan fingerprint density at radius 2 is 2.00 bits per heavy atom. The van der Waals surface area contributed by atoms with Gasteiger partial charge in [0.25, 0.3) is 11.5 Å². The lowest BCUT2D eigenvalue weighted by Gasteiger charge is -2.11. The summed E-state index contributed by atoms with van der Waals surface area (Å²) in [6.07, 6.45) is -4.72. The number of nitro benzene ring substituents is 1. The number of nitro groups is 1. The number of benzene rings is 1. The van der Waals surface area contributed by atoms with Gasteiger partial charge in [0.05, 0.1) is 4.92 Å². The molecule has 22 heavy (non-hydrogen) atoms. The number of para-hydroxylation sites is 1. The van der Waals surface area contributed by atoms with Crippen LogP contribution in [-0.2, 0) is 6.18 Å². The first-order chi connectivity index (χ1) is 10.2. The number of aromatic nitrogens is 3. The number of nitrogen functional groups attached to an aromatic ring is 1. The van der Waals surface area contributed by atoms with Crippen LogP contribution in [0.3, 0.4) is 0 Å². The summed E-state index contributed by atoms with van der Waals surface area (Å²) < 4.78 is 38.1. The van der Waals surface area contributed by atoms with E-state index in [9.17, 15) is 23.3 Å². The van der Waals surface area contributed by atoms with Crippen LogP contribution in [0.2, 0.25) is 0 Å². The van der Waals surface area contributed by atoms with Crippen molar-refractivity contribution in [3.05, 3.63) is 45.8 Å². The van der Waals surface area contributed by atoms with E-state index in [4.69, 9.17) is 5.84 Å². The van der Waals surface area contributed by atoms with E-state index in [-0.39, 0.29) is 10.8 Å². The van der Waals surface area contributed by atoms with E-state index >= 15 is 0 Å². The molecule has 118 valence electrons. The molecular weight excluding hydrogens is 323 g/mol. The van der Waals surface area contributed by atoms with Gasteiger partial charge >= 0.3 is 6.18 Å². The average Bonchev–Trinajstić information content (AvgIpc) is 2.80.